The molecule has 0 amide bonds. The number of nitrogens with zero attached hydrogens (tertiary/aromatic N) is 1. The molecular formula is C15H18ClFN2. The molecule has 0 radical (unpaired) electrons. The van der Waals surface area contributed by atoms with Crippen molar-refractivity contribution < 1.29 is 4.39 Å². The van der Waals surface area contributed by atoms with E-state index in [2.05, 4.69) is 6.92 Å². The summed E-state index contributed by atoms with van der Waals surface area (Å²) in [6.45, 7) is 2.58. The topological polar surface area (TPSA) is 30.9 Å². The number of hydrogen-bond donors (Lipinski definition) is 1. The maximum Gasteiger partial charge on any atom is 0.129 e. The fourth-order valence-electron chi connectivity index (χ4n) is 2.00. The Balaban J connectivity index is 2.07. The summed E-state index contributed by atoms with van der Waals surface area (Å²) in [5.41, 5.74) is 7.74. The zero-order valence-electron chi connectivity index (χ0n) is 10.9. The molecule has 4 heteroatoms. The molecule has 0 saturated heterocycles. The molecule has 0 saturated carbocycles. The molecule has 1 unspecified atom stereocenters. The summed E-state index contributed by atoms with van der Waals surface area (Å²) in [4.78, 5) is 0. The van der Waals surface area contributed by atoms with Crippen molar-refractivity contribution in [3.63, 3.8) is 0 Å². The average molecular weight is 281 g/mol. The minimum absolute atomic E-state index is 0.183. The highest BCUT2D eigenvalue weighted by atomic mass is 35.5. The summed E-state index contributed by atoms with van der Waals surface area (Å²) in [6, 6.07) is 6.98. The molecule has 1 aromatic carbocycles. The maximum atomic E-state index is 13.7. The quantitative estimate of drug-likeness (QED) is 0.891. The molecule has 102 valence electrons. The van der Waals surface area contributed by atoms with Crippen molar-refractivity contribution in [1.82, 2.24) is 4.57 Å². The van der Waals surface area contributed by atoms with Crippen LogP contribution in [0.4, 0.5) is 4.39 Å². The van der Waals surface area contributed by atoms with Gasteiger partial charge in [-0.2, -0.15) is 0 Å². The van der Waals surface area contributed by atoms with E-state index in [9.17, 15) is 4.39 Å². The largest absolute Gasteiger partial charge is 0.350 e. The van der Waals surface area contributed by atoms with Crippen LogP contribution in [-0.4, -0.2) is 10.6 Å². The van der Waals surface area contributed by atoms with Crippen molar-refractivity contribution in [2.45, 2.75) is 32.4 Å². The summed E-state index contributed by atoms with van der Waals surface area (Å²) in [7, 11) is 0. The van der Waals surface area contributed by atoms with Gasteiger partial charge in [0.2, 0.25) is 0 Å². The lowest BCUT2D eigenvalue weighted by Crippen LogP contribution is -2.21. The highest BCUT2D eigenvalue weighted by molar-refractivity contribution is 6.30. The third-order valence-corrected chi connectivity index (χ3v) is 3.44. The molecule has 1 heterocycles. The summed E-state index contributed by atoms with van der Waals surface area (Å²) in [5, 5.41) is 0.420. The molecule has 0 fully saturated rings. The van der Waals surface area contributed by atoms with E-state index in [1.54, 1.807) is 12.1 Å². The Morgan fingerprint density at radius 1 is 1.37 bits per heavy atom. The average Bonchev–Trinajstić information content (AvgIpc) is 2.80. The molecule has 0 spiro atoms. The number of aromatic nitrogens is 1. The van der Waals surface area contributed by atoms with Crippen LogP contribution in [0.5, 0.6) is 0 Å². The molecule has 2 aromatic rings. The van der Waals surface area contributed by atoms with Crippen LogP contribution in [0, 0.1) is 5.82 Å². The molecule has 1 aromatic heterocycles. The van der Waals surface area contributed by atoms with Crippen molar-refractivity contribution in [3.05, 3.63) is 58.6 Å². The van der Waals surface area contributed by atoms with Gasteiger partial charge in [-0.25, -0.2) is 4.39 Å². The Hall–Kier alpha value is -1.32. The van der Waals surface area contributed by atoms with Gasteiger partial charge in [-0.15, -0.1) is 0 Å². The predicted molar refractivity (Wildman–Crippen MR) is 76.9 cm³/mol. The standard InChI is InChI=1S/C15H18ClFN2/c1-2-14(18)7-11-5-6-19(9-11)10-12-3-4-13(16)8-15(12)17/h3-6,8-9,14H,2,7,10,18H2,1H3. The smallest absolute Gasteiger partial charge is 0.129 e. The van der Waals surface area contributed by atoms with Gasteiger partial charge in [0.15, 0.2) is 0 Å². The van der Waals surface area contributed by atoms with E-state index in [1.165, 1.54) is 11.6 Å². The first-order chi connectivity index (χ1) is 9.08. The second-order valence-electron chi connectivity index (χ2n) is 4.80. The van der Waals surface area contributed by atoms with Crippen LogP contribution >= 0.6 is 11.6 Å². The fraction of sp³-hybridized carbons (Fsp3) is 0.333. The van der Waals surface area contributed by atoms with Gasteiger partial charge in [-0.05, 0) is 36.6 Å². The van der Waals surface area contributed by atoms with Crippen molar-refractivity contribution >= 4 is 11.6 Å². The first kappa shape index (κ1) is 14.1. The van der Waals surface area contributed by atoms with Gasteiger partial charge in [0.05, 0.1) is 0 Å². The number of nitrogens with two attached hydrogens (primary N) is 1. The van der Waals surface area contributed by atoms with Crippen molar-refractivity contribution in [2.24, 2.45) is 5.73 Å². The zero-order chi connectivity index (χ0) is 13.8. The predicted octanol–water partition coefficient (Wildman–Crippen LogP) is 3.61. The minimum Gasteiger partial charge on any atom is -0.350 e. The molecule has 0 aliphatic carbocycles. The molecule has 1 atom stereocenters. The number of benzene rings is 1. The minimum atomic E-state index is -0.270. The third-order valence-electron chi connectivity index (χ3n) is 3.20. The Bertz CT molecular complexity index is 551. The van der Waals surface area contributed by atoms with Crippen LogP contribution in [0.1, 0.15) is 24.5 Å². The molecule has 2 N–H and O–H groups in total. The monoisotopic (exact) mass is 280 g/mol. The number of hydrogen-bond acceptors (Lipinski definition) is 1. The molecule has 19 heavy (non-hydrogen) atoms. The van der Waals surface area contributed by atoms with Crippen LogP contribution in [-0.2, 0) is 13.0 Å². The SMILES string of the molecule is CCC(N)Cc1ccn(Cc2ccc(Cl)cc2F)c1. The summed E-state index contributed by atoms with van der Waals surface area (Å²) >= 11 is 5.74. The van der Waals surface area contributed by atoms with Crippen molar-refractivity contribution in [1.29, 1.82) is 0 Å². The summed E-state index contributed by atoms with van der Waals surface area (Å²) in [6.07, 6.45) is 5.78. The first-order valence-electron chi connectivity index (χ1n) is 6.42. The Morgan fingerprint density at radius 2 is 2.16 bits per heavy atom. The highest BCUT2D eigenvalue weighted by Crippen LogP contribution is 2.16. The Morgan fingerprint density at radius 3 is 2.84 bits per heavy atom. The van der Waals surface area contributed by atoms with Gasteiger partial charge < -0.3 is 10.3 Å². The molecule has 2 rings (SSSR count). The third kappa shape index (κ3) is 3.82. The lowest BCUT2D eigenvalue weighted by atomic mass is 10.1. The lowest BCUT2D eigenvalue weighted by molar-refractivity contribution is 0.599. The van der Waals surface area contributed by atoms with Gasteiger partial charge in [0.1, 0.15) is 5.82 Å². The van der Waals surface area contributed by atoms with Crippen LogP contribution < -0.4 is 5.73 Å². The van der Waals surface area contributed by atoms with Crippen LogP contribution in [0.25, 0.3) is 0 Å². The zero-order valence-corrected chi connectivity index (χ0v) is 11.7. The van der Waals surface area contributed by atoms with Gasteiger partial charge in [0, 0.05) is 35.6 Å². The van der Waals surface area contributed by atoms with E-state index >= 15 is 0 Å². The normalized spacial score (nSPS) is 12.6. The van der Waals surface area contributed by atoms with Crippen molar-refractivity contribution in [3.8, 4) is 0 Å². The molecular weight excluding hydrogens is 263 g/mol. The Labute approximate surface area is 118 Å². The summed E-state index contributed by atoms with van der Waals surface area (Å²) in [5.74, 6) is -0.270. The maximum absolute atomic E-state index is 13.7. The highest BCUT2D eigenvalue weighted by Gasteiger charge is 2.06. The second kappa shape index (κ2) is 6.22. The van der Waals surface area contributed by atoms with E-state index in [-0.39, 0.29) is 11.9 Å². The van der Waals surface area contributed by atoms with E-state index in [4.69, 9.17) is 17.3 Å². The fourth-order valence-corrected chi connectivity index (χ4v) is 2.16. The van der Waals surface area contributed by atoms with Crippen LogP contribution in [0.3, 0.4) is 0 Å². The van der Waals surface area contributed by atoms with E-state index in [0.29, 0.717) is 17.1 Å². The molecule has 0 aliphatic heterocycles. The second-order valence-corrected chi connectivity index (χ2v) is 5.24. The summed E-state index contributed by atoms with van der Waals surface area (Å²) < 4.78 is 15.7. The Kier molecular flexibility index (Phi) is 4.61. The lowest BCUT2D eigenvalue weighted by Gasteiger charge is -2.07. The van der Waals surface area contributed by atoms with Crippen LogP contribution in [0.2, 0.25) is 5.02 Å². The first-order valence-corrected chi connectivity index (χ1v) is 6.80. The van der Waals surface area contributed by atoms with Gasteiger partial charge in [-0.3, -0.25) is 0 Å². The van der Waals surface area contributed by atoms with E-state index < -0.39 is 0 Å². The van der Waals surface area contributed by atoms with E-state index in [1.807, 2.05) is 23.0 Å². The van der Waals surface area contributed by atoms with Crippen molar-refractivity contribution in [2.75, 3.05) is 0 Å². The molecule has 2 nitrogen and oxygen atoms in total. The van der Waals surface area contributed by atoms with E-state index in [0.717, 1.165) is 12.8 Å². The molecule has 0 bridgehead atoms. The van der Waals surface area contributed by atoms with Gasteiger partial charge in [0.25, 0.3) is 0 Å². The van der Waals surface area contributed by atoms with Crippen LogP contribution in [0.15, 0.2) is 36.7 Å². The van der Waals surface area contributed by atoms with Gasteiger partial charge >= 0.3 is 0 Å². The molecule has 0 aliphatic rings. The van der Waals surface area contributed by atoms with Gasteiger partial charge in [-0.1, -0.05) is 24.6 Å². The number of halogens is 2. The number of rotatable bonds is 5.